The SMILES string of the molecule is Cc1cc(C(=O)O)sc1C(CO)CCO. The fourth-order valence-corrected chi connectivity index (χ4v) is 2.61. The van der Waals surface area contributed by atoms with Gasteiger partial charge < -0.3 is 15.3 Å². The zero-order chi connectivity index (χ0) is 11.4. The first-order valence-electron chi connectivity index (χ1n) is 4.65. The van der Waals surface area contributed by atoms with E-state index >= 15 is 0 Å². The number of hydrogen-bond donors (Lipinski definition) is 3. The molecule has 0 saturated heterocycles. The summed E-state index contributed by atoms with van der Waals surface area (Å²) in [6, 6.07) is 1.60. The predicted octanol–water partition coefficient (Wildman–Crippen LogP) is 1.21. The molecule has 84 valence electrons. The van der Waals surface area contributed by atoms with Gasteiger partial charge in [0, 0.05) is 17.4 Å². The number of carboxylic acids is 1. The molecule has 0 aromatic carbocycles. The molecule has 5 heteroatoms. The molecule has 0 aliphatic carbocycles. The van der Waals surface area contributed by atoms with E-state index in [2.05, 4.69) is 0 Å². The maximum atomic E-state index is 10.7. The Morgan fingerprint density at radius 3 is 2.60 bits per heavy atom. The zero-order valence-corrected chi connectivity index (χ0v) is 9.25. The third-order valence-electron chi connectivity index (χ3n) is 2.24. The van der Waals surface area contributed by atoms with Crippen molar-refractivity contribution >= 4 is 17.3 Å². The molecule has 0 saturated carbocycles. The number of carboxylic acid groups (broad SMARTS) is 1. The molecule has 15 heavy (non-hydrogen) atoms. The van der Waals surface area contributed by atoms with E-state index in [9.17, 15) is 4.79 Å². The minimum absolute atomic E-state index is 0.00896. The lowest BCUT2D eigenvalue weighted by molar-refractivity contribution is 0.0702. The molecule has 1 heterocycles. The fraction of sp³-hybridized carbons (Fsp3) is 0.500. The minimum Gasteiger partial charge on any atom is -0.477 e. The van der Waals surface area contributed by atoms with E-state index in [1.54, 1.807) is 6.07 Å². The van der Waals surface area contributed by atoms with Crippen molar-refractivity contribution in [2.45, 2.75) is 19.3 Å². The van der Waals surface area contributed by atoms with Crippen LogP contribution in [0.25, 0.3) is 0 Å². The summed E-state index contributed by atoms with van der Waals surface area (Å²) in [4.78, 5) is 11.9. The van der Waals surface area contributed by atoms with Gasteiger partial charge in [-0.25, -0.2) is 4.79 Å². The van der Waals surface area contributed by atoms with Gasteiger partial charge in [0.15, 0.2) is 0 Å². The van der Waals surface area contributed by atoms with Gasteiger partial charge in [-0.05, 0) is 25.0 Å². The highest BCUT2D eigenvalue weighted by Gasteiger charge is 2.18. The summed E-state index contributed by atoms with van der Waals surface area (Å²) in [5.41, 5.74) is 0.866. The topological polar surface area (TPSA) is 77.8 Å². The molecular formula is C10H14O4S. The Labute approximate surface area is 91.8 Å². The van der Waals surface area contributed by atoms with E-state index in [1.165, 1.54) is 11.3 Å². The van der Waals surface area contributed by atoms with Crippen molar-refractivity contribution in [3.05, 3.63) is 21.4 Å². The van der Waals surface area contributed by atoms with Gasteiger partial charge in [-0.1, -0.05) is 0 Å². The van der Waals surface area contributed by atoms with E-state index in [0.717, 1.165) is 10.4 Å². The molecule has 1 aromatic rings. The Morgan fingerprint density at radius 2 is 2.20 bits per heavy atom. The number of carbonyl (C=O) groups is 1. The van der Waals surface area contributed by atoms with Gasteiger partial charge in [0.1, 0.15) is 4.88 Å². The molecule has 1 atom stereocenters. The molecule has 0 fully saturated rings. The van der Waals surface area contributed by atoms with Crippen molar-refractivity contribution in [3.63, 3.8) is 0 Å². The lowest BCUT2D eigenvalue weighted by atomic mass is 10.0. The van der Waals surface area contributed by atoms with E-state index in [1.807, 2.05) is 6.92 Å². The van der Waals surface area contributed by atoms with Gasteiger partial charge in [0.25, 0.3) is 0 Å². The quantitative estimate of drug-likeness (QED) is 0.710. The first kappa shape index (κ1) is 12.2. The molecule has 0 bridgehead atoms. The second-order valence-corrected chi connectivity index (χ2v) is 4.44. The van der Waals surface area contributed by atoms with Gasteiger partial charge in [0.05, 0.1) is 6.61 Å². The minimum atomic E-state index is -0.949. The summed E-state index contributed by atoms with van der Waals surface area (Å²) in [7, 11) is 0. The van der Waals surface area contributed by atoms with Crippen molar-refractivity contribution in [2.24, 2.45) is 0 Å². The number of aliphatic hydroxyl groups excluding tert-OH is 2. The second kappa shape index (κ2) is 5.25. The van der Waals surface area contributed by atoms with Crippen LogP contribution in [0.3, 0.4) is 0 Å². The number of aliphatic hydroxyl groups is 2. The van der Waals surface area contributed by atoms with Gasteiger partial charge in [0.2, 0.25) is 0 Å². The van der Waals surface area contributed by atoms with Gasteiger partial charge >= 0.3 is 5.97 Å². The van der Waals surface area contributed by atoms with Crippen molar-refractivity contribution < 1.29 is 20.1 Å². The largest absolute Gasteiger partial charge is 0.477 e. The van der Waals surface area contributed by atoms with Crippen LogP contribution >= 0.6 is 11.3 Å². The highest BCUT2D eigenvalue weighted by Crippen LogP contribution is 2.31. The van der Waals surface area contributed by atoms with Crippen molar-refractivity contribution in [3.8, 4) is 0 Å². The standard InChI is InChI=1S/C10H14O4S/c1-6-4-8(10(13)14)15-9(6)7(5-12)2-3-11/h4,7,11-12H,2-3,5H2,1H3,(H,13,14). The highest BCUT2D eigenvalue weighted by atomic mass is 32.1. The van der Waals surface area contributed by atoms with Crippen LogP contribution in [0.15, 0.2) is 6.07 Å². The van der Waals surface area contributed by atoms with Crippen LogP contribution in [0.1, 0.15) is 32.5 Å². The number of hydrogen-bond acceptors (Lipinski definition) is 4. The van der Waals surface area contributed by atoms with Crippen LogP contribution in [-0.2, 0) is 0 Å². The molecule has 3 N–H and O–H groups in total. The predicted molar refractivity (Wildman–Crippen MR) is 57.5 cm³/mol. The molecule has 0 aliphatic heterocycles. The van der Waals surface area contributed by atoms with Crippen molar-refractivity contribution in [2.75, 3.05) is 13.2 Å². The number of aryl methyl sites for hydroxylation is 1. The molecule has 1 unspecified atom stereocenters. The maximum absolute atomic E-state index is 10.7. The monoisotopic (exact) mass is 230 g/mol. The van der Waals surface area contributed by atoms with Crippen LogP contribution in [0.2, 0.25) is 0 Å². The van der Waals surface area contributed by atoms with Gasteiger partial charge in [-0.3, -0.25) is 0 Å². The van der Waals surface area contributed by atoms with Crippen LogP contribution < -0.4 is 0 Å². The lowest BCUT2D eigenvalue weighted by Gasteiger charge is -2.11. The van der Waals surface area contributed by atoms with Crippen LogP contribution in [0.4, 0.5) is 0 Å². The molecular weight excluding hydrogens is 216 g/mol. The lowest BCUT2D eigenvalue weighted by Crippen LogP contribution is -2.05. The molecule has 0 amide bonds. The normalized spacial score (nSPS) is 12.7. The van der Waals surface area contributed by atoms with E-state index in [0.29, 0.717) is 6.42 Å². The Balaban J connectivity index is 2.96. The summed E-state index contributed by atoms with van der Waals surface area (Å²) in [5.74, 6) is -1.11. The molecule has 0 radical (unpaired) electrons. The molecule has 1 aromatic heterocycles. The summed E-state index contributed by atoms with van der Waals surface area (Å²) in [6.45, 7) is 1.74. The van der Waals surface area contributed by atoms with Gasteiger partial charge in [-0.15, -0.1) is 11.3 Å². The van der Waals surface area contributed by atoms with E-state index < -0.39 is 5.97 Å². The van der Waals surface area contributed by atoms with Crippen LogP contribution in [0.5, 0.6) is 0 Å². The maximum Gasteiger partial charge on any atom is 0.345 e. The Hall–Kier alpha value is -0.910. The second-order valence-electron chi connectivity index (χ2n) is 3.35. The van der Waals surface area contributed by atoms with Gasteiger partial charge in [-0.2, -0.15) is 0 Å². The van der Waals surface area contributed by atoms with Crippen molar-refractivity contribution in [1.82, 2.24) is 0 Å². The average molecular weight is 230 g/mol. The van der Waals surface area contributed by atoms with E-state index in [4.69, 9.17) is 15.3 Å². The summed E-state index contributed by atoms with van der Waals surface area (Å²) < 4.78 is 0. The molecule has 1 rings (SSSR count). The summed E-state index contributed by atoms with van der Waals surface area (Å²) in [6.07, 6.45) is 0.455. The van der Waals surface area contributed by atoms with Crippen LogP contribution in [0, 0.1) is 6.92 Å². The van der Waals surface area contributed by atoms with Crippen molar-refractivity contribution in [1.29, 1.82) is 0 Å². The summed E-state index contributed by atoms with van der Waals surface area (Å²) in [5, 5.41) is 26.7. The number of thiophene rings is 1. The number of aromatic carboxylic acids is 1. The fourth-order valence-electron chi connectivity index (χ4n) is 1.47. The molecule has 0 aliphatic rings. The zero-order valence-electron chi connectivity index (χ0n) is 8.43. The third kappa shape index (κ3) is 2.77. The Morgan fingerprint density at radius 1 is 1.53 bits per heavy atom. The first-order valence-corrected chi connectivity index (χ1v) is 5.47. The first-order chi connectivity index (χ1) is 7.10. The smallest absolute Gasteiger partial charge is 0.345 e. The summed E-state index contributed by atoms with van der Waals surface area (Å²) >= 11 is 1.17. The molecule has 4 nitrogen and oxygen atoms in total. The Kier molecular flexibility index (Phi) is 4.26. The average Bonchev–Trinajstić information content (AvgIpc) is 2.57. The van der Waals surface area contributed by atoms with Crippen LogP contribution in [-0.4, -0.2) is 34.5 Å². The third-order valence-corrected chi connectivity index (χ3v) is 3.62. The molecule has 0 spiro atoms. The highest BCUT2D eigenvalue weighted by molar-refractivity contribution is 7.14. The van der Waals surface area contributed by atoms with E-state index in [-0.39, 0.29) is 24.0 Å². The Bertz CT molecular complexity index is 345. The number of rotatable bonds is 5.